The molecule has 0 amide bonds. The molecule has 2 rings (SSSR count). The van der Waals surface area contributed by atoms with Crippen LogP contribution < -0.4 is 0 Å². The van der Waals surface area contributed by atoms with Crippen molar-refractivity contribution in [1.29, 1.82) is 0 Å². The normalized spacial score (nSPS) is 30.9. The molecule has 0 radical (unpaired) electrons. The van der Waals surface area contributed by atoms with Crippen LogP contribution in [0.2, 0.25) is 0 Å². The van der Waals surface area contributed by atoms with E-state index in [2.05, 4.69) is 18.7 Å². The third-order valence-electron chi connectivity index (χ3n) is 3.65. The van der Waals surface area contributed by atoms with E-state index in [-0.39, 0.29) is 6.10 Å². The topological polar surface area (TPSA) is 21.7 Å². The van der Waals surface area contributed by atoms with Gasteiger partial charge in [-0.1, -0.05) is 20.8 Å². The van der Waals surface area contributed by atoms with Gasteiger partial charge in [0.1, 0.15) is 0 Å². The van der Waals surface area contributed by atoms with Gasteiger partial charge in [-0.3, -0.25) is 4.90 Å². The predicted molar refractivity (Wildman–Crippen MR) is 71.4 cm³/mol. The number of nitrogens with zero attached hydrogens (tertiary/aromatic N) is 1. The monoisotopic (exact) mass is 243 g/mol. The summed E-state index contributed by atoms with van der Waals surface area (Å²) in [4.78, 5) is 2.49. The summed E-state index contributed by atoms with van der Waals surface area (Å²) in [6.45, 7) is 10.6. The molecule has 3 nitrogen and oxygen atoms in total. The Morgan fingerprint density at radius 3 is 2.35 bits per heavy atom. The van der Waals surface area contributed by atoms with Gasteiger partial charge >= 0.3 is 0 Å². The van der Waals surface area contributed by atoms with Gasteiger partial charge in [0.05, 0.1) is 24.4 Å². The Morgan fingerprint density at radius 2 is 1.88 bits per heavy atom. The summed E-state index contributed by atoms with van der Waals surface area (Å²) in [7, 11) is 1.80. The zero-order chi connectivity index (χ0) is 12.8. The van der Waals surface area contributed by atoms with Crippen LogP contribution in [0.5, 0.6) is 0 Å². The first-order chi connectivity index (χ1) is 8.26. The predicted octanol–water partition coefficient (Wildman–Crippen LogP) is 2.69. The second-order valence-corrected chi connectivity index (χ2v) is 4.72. The third kappa shape index (κ3) is 3.94. The van der Waals surface area contributed by atoms with Crippen LogP contribution in [-0.2, 0) is 9.47 Å². The first-order valence-electron chi connectivity index (χ1n) is 7.18. The summed E-state index contributed by atoms with van der Waals surface area (Å²) in [5.41, 5.74) is 0. The van der Waals surface area contributed by atoms with E-state index in [4.69, 9.17) is 9.47 Å². The van der Waals surface area contributed by atoms with Gasteiger partial charge in [-0.25, -0.2) is 0 Å². The van der Waals surface area contributed by atoms with Crippen LogP contribution in [0.4, 0.5) is 0 Å². The van der Waals surface area contributed by atoms with E-state index in [1.807, 2.05) is 13.8 Å². The van der Waals surface area contributed by atoms with Crippen LogP contribution in [0.25, 0.3) is 0 Å². The number of likely N-dealkylation sites (tertiary alicyclic amines) is 1. The van der Waals surface area contributed by atoms with Crippen molar-refractivity contribution in [2.24, 2.45) is 0 Å². The van der Waals surface area contributed by atoms with E-state index in [0.29, 0.717) is 18.2 Å². The lowest BCUT2D eigenvalue weighted by Crippen LogP contribution is -2.45. The highest BCUT2D eigenvalue weighted by Gasteiger charge is 2.40. The lowest BCUT2D eigenvalue weighted by atomic mass is 10.1. The quantitative estimate of drug-likeness (QED) is 0.741. The fourth-order valence-electron chi connectivity index (χ4n) is 2.56. The minimum Gasteiger partial charge on any atom is -0.380 e. The Hall–Kier alpha value is -0.120. The van der Waals surface area contributed by atoms with E-state index in [9.17, 15) is 0 Å². The minimum atomic E-state index is 0.274. The molecule has 0 aromatic rings. The molecule has 0 bridgehead atoms. The molecular weight excluding hydrogens is 214 g/mol. The average Bonchev–Trinajstić information content (AvgIpc) is 3.09. The molecule has 1 heterocycles. The number of likely N-dealkylation sites (N-methyl/N-ethyl adjacent to an activating group) is 1. The Kier molecular flexibility index (Phi) is 6.45. The zero-order valence-corrected chi connectivity index (χ0v) is 12.1. The smallest absolute Gasteiger partial charge is 0.0771 e. The minimum absolute atomic E-state index is 0.274. The van der Waals surface area contributed by atoms with E-state index >= 15 is 0 Å². The summed E-state index contributed by atoms with van der Waals surface area (Å²) in [6.07, 6.45) is 4.91. The van der Waals surface area contributed by atoms with Crippen LogP contribution in [0, 0.1) is 0 Å². The molecule has 3 heteroatoms. The second kappa shape index (κ2) is 7.34. The molecule has 2 aliphatic rings. The Labute approximate surface area is 106 Å². The molecule has 0 N–H and O–H groups in total. The van der Waals surface area contributed by atoms with Crippen LogP contribution >= 0.6 is 0 Å². The average molecular weight is 243 g/mol. The van der Waals surface area contributed by atoms with Crippen LogP contribution in [0.3, 0.4) is 0 Å². The van der Waals surface area contributed by atoms with Gasteiger partial charge in [-0.15, -0.1) is 0 Å². The van der Waals surface area contributed by atoms with Gasteiger partial charge in [0.2, 0.25) is 0 Å². The second-order valence-electron chi connectivity index (χ2n) is 4.72. The number of methoxy groups -OCH3 is 1. The highest BCUT2D eigenvalue weighted by atomic mass is 16.5. The van der Waals surface area contributed by atoms with E-state index in [1.165, 1.54) is 19.3 Å². The number of hydrogen-bond acceptors (Lipinski definition) is 3. The third-order valence-corrected chi connectivity index (χ3v) is 3.65. The van der Waals surface area contributed by atoms with Crippen molar-refractivity contribution in [1.82, 2.24) is 4.90 Å². The van der Waals surface area contributed by atoms with Crippen LogP contribution in [0.15, 0.2) is 0 Å². The molecule has 2 fully saturated rings. The van der Waals surface area contributed by atoms with Crippen molar-refractivity contribution < 1.29 is 9.47 Å². The zero-order valence-electron chi connectivity index (χ0n) is 12.1. The van der Waals surface area contributed by atoms with Gasteiger partial charge in [0.15, 0.2) is 0 Å². The van der Waals surface area contributed by atoms with Gasteiger partial charge in [0, 0.05) is 13.7 Å². The fraction of sp³-hybridized carbons (Fsp3) is 1.00. The van der Waals surface area contributed by atoms with Crippen molar-refractivity contribution in [3.63, 3.8) is 0 Å². The summed E-state index contributed by atoms with van der Waals surface area (Å²) < 4.78 is 11.5. The van der Waals surface area contributed by atoms with Crippen molar-refractivity contribution in [2.45, 2.75) is 71.3 Å². The maximum Gasteiger partial charge on any atom is 0.0771 e. The number of rotatable bonds is 5. The molecule has 0 aromatic carbocycles. The summed E-state index contributed by atoms with van der Waals surface area (Å²) in [5.74, 6) is 0. The number of hydrogen-bond donors (Lipinski definition) is 0. The standard InChI is InChI=1S/C12H23NO2.C2H6/c1-4-13-8-7-11(15-10-5-6-10)12(13)9(2)14-3;1-2/h9-12H,4-8H2,1-3H3;1-2H3/t9-,11-,12+;/m0./s1. The lowest BCUT2D eigenvalue weighted by molar-refractivity contribution is -0.0396. The largest absolute Gasteiger partial charge is 0.380 e. The van der Waals surface area contributed by atoms with E-state index in [1.54, 1.807) is 7.11 Å². The molecule has 0 spiro atoms. The van der Waals surface area contributed by atoms with Crippen LogP contribution in [0.1, 0.15) is 47.0 Å². The van der Waals surface area contributed by atoms with Crippen molar-refractivity contribution in [3.05, 3.63) is 0 Å². The Morgan fingerprint density at radius 1 is 1.24 bits per heavy atom. The van der Waals surface area contributed by atoms with Gasteiger partial charge in [0.25, 0.3) is 0 Å². The van der Waals surface area contributed by atoms with E-state index in [0.717, 1.165) is 13.1 Å². The van der Waals surface area contributed by atoms with Gasteiger partial charge in [-0.05, 0) is 32.7 Å². The first-order valence-corrected chi connectivity index (χ1v) is 7.18. The molecule has 3 atom stereocenters. The summed E-state index contributed by atoms with van der Waals surface area (Å²) in [6, 6.07) is 0.459. The lowest BCUT2D eigenvalue weighted by Gasteiger charge is -2.31. The SMILES string of the molecule is CC.CCN1CC[C@H](OC2CC2)[C@H]1[C@H](C)OC. The molecule has 1 saturated heterocycles. The molecule has 1 aliphatic carbocycles. The molecule has 1 saturated carbocycles. The highest BCUT2D eigenvalue weighted by Crippen LogP contribution is 2.32. The summed E-state index contributed by atoms with van der Waals surface area (Å²) in [5, 5.41) is 0. The Balaban J connectivity index is 0.000000686. The van der Waals surface area contributed by atoms with Crippen LogP contribution in [-0.4, -0.2) is 49.5 Å². The molecular formula is C14H29NO2. The molecule has 0 unspecified atom stereocenters. The Bertz CT molecular complexity index is 206. The molecule has 102 valence electrons. The molecule has 1 aliphatic heterocycles. The van der Waals surface area contributed by atoms with Crippen molar-refractivity contribution in [2.75, 3.05) is 20.2 Å². The first kappa shape index (κ1) is 14.9. The summed E-state index contributed by atoms with van der Waals surface area (Å²) >= 11 is 0. The highest BCUT2D eigenvalue weighted by molar-refractivity contribution is 4.93. The van der Waals surface area contributed by atoms with Gasteiger partial charge < -0.3 is 9.47 Å². The van der Waals surface area contributed by atoms with Crippen molar-refractivity contribution in [3.8, 4) is 0 Å². The fourth-order valence-corrected chi connectivity index (χ4v) is 2.56. The van der Waals surface area contributed by atoms with Gasteiger partial charge in [-0.2, -0.15) is 0 Å². The maximum absolute atomic E-state index is 6.07. The van der Waals surface area contributed by atoms with E-state index < -0.39 is 0 Å². The maximum atomic E-state index is 6.07. The number of ether oxygens (including phenoxy) is 2. The van der Waals surface area contributed by atoms with Crippen molar-refractivity contribution >= 4 is 0 Å². The molecule has 0 aromatic heterocycles. The molecule has 17 heavy (non-hydrogen) atoms.